The predicted octanol–water partition coefficient (Wildman–Crippen LogP) is 7.17. The lowest BCUT2D eigenvalue weighted by Crippen LogP contribution is -2.12. The molecule has 29 heavy (non-hydrogen) atoms. The van der Waals surface area contributed by atoms with E-state index in [2.05, 4.69) is 50.2 Å². The second-order valence-electron chi connectivity index (χ2n) is 8.36. The van der Waals surface area contributed by atoms with Crippen LogP contribution in [0.3, 0.4) is 0 Å². The van der Waals surface area contributed by atoms with Gasteiger partial charge in [-0.15, -0.1) is 0 Å². The van der Waals surface area contributed by atoms with Crippen LogP contribution in [0.15, 0.2) is 72.8 Å². The lowest BCUT2D eigenvalue weighted by atomic mass is 9.79. The molecule has 0 radical (unpaired) electrons. The van der Waals surface area contributed by atoms with Gasteiger partial charge in [0, 0.05) is 0 Å². The topological polar surface area (TPSA) is 26.3 Å². The van der Waals surface area contributed by atoms with Crippen LogP contribution < -0.4 is 4.74 Å². The van der Waals surface area contributed by atoms with E-state index in [0.29, 0.717) is 17.2 Å². The third kappa shape index (κ3) is 4.76. The van der Waals surface area contributed by atoms with Crippen molar-refractivity contribution in [3.8, 4) is 16.9 Å². The number of rotatable bonds is 4. The monoisotopic (exact) mass is 384 g/mol. The summed E-state index contributed by atoms with van der Waals surface area (Å²) in [5, 5.41) is 0. The molecule has 148 valence electrons. The van der Waals surface area contributed by atoms with Crippen molar-refractivity contribution in [3.63, 3.8) is 0 Å². The molecule has 0 heterocycles. The number of aryl methyl sites for hydroxylation is 1. The molecular weight excluding hydrogens is 356 g/mol. The molecule has 1 aliphatic rings. The third-order valence-corrected chi connectivity index (χ3v) is 6.08. The highest BCUT2D eigenvalue weighted by Crippen LogP contribution is 2.35. The Labute approximate surface area is 173 Å². The fourth-order valence-corrected chi connectivity index (χ4v) is 4.11. The van der Waals surface area contributed by atoms with Crippen LogP contribution in [0.2, 0.25) is 0 Å². The maximum absolute atomic E-state index is 12.5. The van der Waals surface area contributed by atoms with E-state index in [4.69, 9.17) is 4.74 Å². The Kier molecular flexibility index (Phi) is 5.80. The van der Waals surface area contributed by atoms with Gasteiger partial charge < -0.3 is 4.74 Å². The first-order valence-corrected chi connectivity index (χ1v) is 10.6. The molecule has 2 heteroatoms. The van der Waals surface area contributed by atoms with Gasteiger partial charge in [-0.2, -0.15) is 0 Å². The highest BCUT2D eigenvalue weighted by atomic mass is 16.5. The zero-order valence-electron chi connectivity index (χ0n) is 17.2. The van der Waals surface area contributed by atoms with Gasteiger partial charge in [-0.1, -0.05) is 73.9 Å². The van der Waals surface area contributed by atoms with Crippen molar-refractivity contribution in [2.45, 2.75) is 45.4 Å². The molecule has 0 aromatic heterocycles. The lowest BCUT2D eigenvalue weighted by molar-refractivity contribution is 0.0734. The average Bonchev–Trinajstić information content (AvgIpc) is 2.76. The van der Waals surface area contributed by atoms with Gasteiger partial charge in [0.2, 0.25) is 0 Å². The zero-order valence-corrected chi connectivity index (χ0v) is 17.2. The number of esters is 1. The van der Waals surface area contributed by atoms with Crippen LogP contribution in [0.5, 0.6) is 5.75 Å². The summed E-state index contributed by atoms with van der Waals surface area (Å²) >= 11 is 0. The summed E-state index contributed by atoms with van der Waals surface area (Å²) in [6, 6.07) is 24.1. The minimum Gasteiger partial charge on any atom is -0.423 e. The van der Waals surface area contributed by atoms with Crippen LogP contribution in [0, 0.1) is 12.8 Å². The van der Waals surface area contributed by atoms with E-state index >= 15 is 0 Å². The summed E-state index contributed by atoms with van der Waals surface area (Å²) in [6.07, 6.45) is 5.09. The molecule has 0 aliphatic heterocycles. The van der Waals surface area contributed by atoms with E-state index in [-0.39, 0.29) is 5.97 Å². The van der Waals surface area contributed by atoms with Crippen LogP contribution in [0.25, 0.3) is 11.1 Å². The minimum atomic E-state index is -0.308. The van der Waals surface area contributed by atoms with Gasteiger partial charge in [0.05, 0.1) is 5.56 Å². The molecule has 1 saturated carbocycles. The Morgan fingerprint density at radius 2 is 1.31 bits per heavy atom. The van der Waals surface area contributed by atoms with Gasteiger partial charge in [-0.3, -0.25) is 0 Å². The number of carbonyl (C=O) groups is 1. The first kappa shape index (κ1) is 19.4. The van der Waals surface area contributed by atoms with Crippen molar-refractivity contribution in [1.29, 1.82) is 0 Å². The number of carbonyl (C=O) groups excluding carboxylic acids is 1. The summed E-state index contributed by atoms with van der Waals surface area (Å²) in [5.74, 6) is 1.73. The predicted molar refractivity (Wildman–Crippen MR) is 118 cm³/mol. The van der Waals surface area contributed by atoms with Gasteiger partial charge in [-0.05, 0) is 72.6 Å². The molecule has 0 atom stereocenters. The average molecular weight is 385 g/mol. The van der Waals surface area contributed by atoms with E-state index in [1.807, 2.05) is 36.4 Å². The second kappa shape index (κ2) is 8.65. The SMILES string of the molecule is Cc1ccc(-c2ccc(OC(=O)c3ccc(C4CCC(C)CC4)cc3)cc2)cc1. The first-order valence-electron chi connectivity index (χ1n) is 10.6. The van der Waals surface area contributed by atoms with Crippen molar-refractivity contribution in [3.05, 3.63) is 89.5 Å². The molecule has 3 aromatic rings. The number of benzene rings is 3. The molecule has 2 nitrogen and oxygen atoms in total. The fraction of sp³-hybridized carbons (Fsp3) is 0.296. The maximum Gasteiger partial charge on any atom is 0.343 e. The quantitative estimate of drug-likeness (QED) is 0.352. The van der Waals surface area contributed by atoms with E-state index in [1.54, 1.807) is 0 Å². The van der Waals surface area contributed by atoms with E-state index in [1.165, 1.54) is 36.8 Å². The Morgan fingerprint density at radius 1 is 0.759 bits per heavy atom. The Balaban J connectivity index is 1.39. The number of hydrogen-bond acceptors (Lipinski definition) is 2. The largest absolute Gasteiger partial charge is 0.423 e. The van der Waals surface area contributed by atoms with Crippen molar-refractivity contribution >= 4 is 5.97 Å². The molecule has 0 bridgehead atoms. The van der Waals surface area contributed by atoms with Crippen LogP contribution in [0.4, 0.5) is 0 Å². The molecule has 1 fully saturated rings. The van der Waals surface area contributed by atoms with Crippen molar-refractivity contribution in [2.75, 3.05) is 0 Å². The molecule has 0 saturated heterocycles. The van der Waals surface area contributed by atoms with Crippen molar-refractivity contribution < 1.29 is 9.53 Å². The van der Waals surface area contributed by atoms with Crippen LogP contribution >= 0.6 is 0 Å². The summed E-state index contributed by atoms with van der Waals surface area (Å²) in [5.41, 5.74) is 5.44. The lowest BCUT2D eigenvalue weighted by Gasteiger charge is -2.26. The first-order chi connectivity index (χ1) is 14.1. The molecule has 0 amide bonds. The van der Waals surface area contributed by atoms with Crippen LogP contribution in [0.1, 0.15) is 60.0 Å². The Morgan fingerprint density at radius 3 is 1.90 bits per heavy atom. The summed E-state index contributed by atoms with van der Waals surface area (Å²) in [4.78, 5) is 12.5. The fourth-order valence-electron chi connectivity index (χ4n) is 4.11. The van der Waals surface area contributed by atoms with Gasteiger partial charge in [0.1, 0.15) is 5.75 Å². The molecule has 3 aromatic carbocycles. The second-order valence-corrected chi connectivity index (χ2v) is 8.36. The van der Waals surface area contributed by atoms with E-state index in [0.717, 1.165) is 17.0 Å². The highest BCUT2D eigenvalue weighted by Gasteiger charge is 2.20. The maximum atomic E-state index is 12.5. The van der Waals surface area contributed by atoms with E-state index < -0.39 is 0 Å². The molecule has 4 rings (SSSR count). The van der Waals surface area contributed by atoms with E-state index in [9.17, 15) is 4.79 Å². The van der Waals surface area contributed by atoms with Gasteiger partial charge in [-0.25, -0.2) is 4.79 Å². The van der Waals surface area contributed by atoms with Gasteiger partial charge >= 0.3 is 5.97 Å². The Hall–Kier alpha value is -2.87. The summed E-state index contributed by atoms with van der Waals surface area (Å²) < 4.78 is 5.57. The number of ether oxygens (including phenoxy) is 1. The summed E-state index contributed by atoms with van der Waals surface area (Å²) in [6.45, 7) is 4.41. The smallest absolute Gasteiger partial charge is 0.343 e. The standard InChI is InChI=1S/C27H28O2/c1-19-3-7-21(8-4-19)23-11-13-25(14-12-23)27(28)29-26-17-15-24(16-18-26)22-9-5-20(2)6-10-22/h5-6,9-19,21H,3-4,7-8H2,1-2H3. The van der Waals surface area contributed by atoms with Gasteiger partial charge in [0.15, 0.2) is 0 Å². The molecule has 0 spiro atoms. The third-order valence-electron chi connectivity index (χ3n) is 6.08. The highest BCUT2D eigenvalue weighted by molar-refractivity contribution is 5.91. The zero-order chi connectivity index (χ0) is 20.2. The number of hydrogen-bond donors (Lipinski definition) is 0. The summed E-state index contributed by atoms with van der Waals surface area (Å²) in [7, 11) is 0. The Bertz CT molecular complexity index is 945. The van der Waals surface area contributed by atoms with Crippen molar-refractivity contribution in [1.82, 2.24) is 0 Å². The van der Waals surface area contributed by atoms with Crippen LogP contribution in [-0.4, -0.2) is 5.97 Å². The van der Waals surface area contributed by atoms with Gasteiger partial charge in [0.25, 0.3) is 0 Å². The molecule has 1 aliphatic carbocycles. The molecular formula is C27H28O2. The van der Waals surface area contributed by atoms with Crippen LogP contribution in [-0.2, 0) is 0 Å². The van der Waals surface area contributed by atoms with Crippen molar-refractivity contribution in [2.24, 2.45) is 5.92 Å². The minimum absolute atomic E-state index is 0.308. The normalized spacial score (nSPS) is 19.0. The molecule has 0 unspecified atom stereocenters. The molecule has 0 N–H and O–H groups in total.